The van der Waals surface area contributed by atoms with Crippen molar-refractivity contribution in [3.8, 4) is 0 Å². The predicted molar refractivity (Wildman–Crippen MR) is 82.8 cm³/mol. The lowest BCUT2D eigenvalue weighted by molar-refractivity contribution is -0.122. The molecule has 2 rings (SSSR count). The summed E-state index contributed by atoms with van der Waals surface area (Å²) in [6.45, 7) is 0.407. The summed E-state index contributed by atoms with van der Waals surface area (Å²) in [5, 5.41) is 5.85. The van der Waals surface area contributed by atoms with E-state index in [-0.39, 0.29) is 11.8 Å². The number of carbonyl (C=O) groups is 2. The van der Waals surface area contributed by atoms with Crippen LogP contribution in [0.2, 0.25) is 0 Å². The molecule has 4 heteroatoms. The van der Waals surface area contributed by atoms with Gasteiger partial charge in [-0.05, 0) is 18.4 Å². The van der Waals surface area contributed by atoms with Crippen molar-refractivity contribution in [3.05, 3.63) is 35.9 Å². The van der Waals surface area contributed by atoms with E-state index in [1.165, 1.54) is 19.3 Å². The number of hydrogen-bond acceptors (Lipinski definition) is 2. The molecule has 0 heterocycles. The minimum absolute atomic E-state index is 0.0355. The number of rotatable bonds is 6. The van der Waals surface area contributed by atoms with E-state index in [1.54, 1.807) is 0 Å². The molecular weight excluding hydrogens is 264 g/mol. The number of hydrogen-bond donors (Lipinski definition) is 2. The van der Waals surface area contributed by atoms with Gasteiger partial charge >= 0.3 is 0 Å². The van der Waals surface area contributed by atoms with Crippen LogP contribution in [0.4, 0.5) is 0 Å². The van der Waals surface area contributed by atoms with Crippen molar-refractivity contribution in [2.24, 2.45) is 0 Å². The molecule has 0 radical (unpaired) electrons. The normalized spacial score (nSPS) is 15.4. The quantitative estimate of drug-likeness (QED) is 0.843. The van der Waals surface area contributed by atoms with Gasteiger partial charge in [0.25, 0.3) is 0 Å². The van der Waals surface area contributed by atoms with E-state index in [2.05, 4.69) is 10.6 Å². The first-order valence-electron chi connectivity index (χ1n) is 7.84. The van der Waals surface area contributed by atoms with Crippen LogP contribution in [0.5, 0.6) is 0 Å². The second-order valence-corrected chi connectivity index (χ2v) is 5.66. The molecule has 2 N–H and O–H groups in total. The highest BCUT2D eigenvalue weighted by Crippen LogP contribution is 2.17. The van der Waals surface area contributed by atoms with E-state index in [1.807, 2.05) is 30.3 Å². The molecule has 0 bridgehead atoms. The van der Waals surface area contributed by atoms with E-state index in [4.69, 9.17) is 0 Å². The number of carbonyl (C=O) groups excluding carboxylic acids is 2. The lowest BCUT2D eigenvalue weighted by atomic mass is 9.95. The SMILES string of the molecule is O=C(Cc1ccccc1)NCCC(=O)NC1CCCCC1. The van der Waals surface area contributed by atoms with Crippen LogP contribution < -0.4 is 10.6 Å². The van der Waals surface area contributed by atoms with E-state index < -0.39 is 0 Å². The Labute approximate surface area is 126 Å². The third-order valence-corrected chi connectivity index (χ3v) is 3.85. The van der Waals surface area contributed by atoms with Crippen molar-refractivity contribution in [3.63, 3.8) is 0 Å². The minimum atomic E-state index is -0.0355. The van der Waals surface area contributed by atoms with Gasteiger partial charge in [-0.25, -0.2) is 0 Å². The monoisotopic (exact) mass is 288 g/mol. The van der Waals surface area contributed by atoms with E-state index in [9.17, 15) is 9.59 Å². The van der Waals surface area contributed by atoms with Crippen molar-refractivity contribution >= 4 is 11.8 Å². The molecule has 1 fully saturated rings. The summed E-state index contributed by atoms with van der Waals surface area (Å²) in [7, 11) is 0. The predicted octanol–water partition coefficient (Wildman–Crippen LogP) is 2.18. The Bertz CT molecular complexity index is 453. The molecule has 0 aromatic heterocycles. The zero-order chi connectivity index (χ0) is 14.9. The van der Waals surface area contributed by atoms with Crippen LogP contribution >= 0.6 is 0 Å². The van der Waals surface area contributed by atoms with E-state index >= 15 is 0 Å². The lowest BCUT2D eigenvalue weighted by Gasteiger charge is -2.22. The lowest BCUT2D eigenvalue weighted by Crippen LogP contribution is -2.38. The van der Waals surface area contributed by atoms with Gasteiger partial charge in [0.2, 0.25) is 11.8 Å². The Balaban J connectivity index is 1.60. The number of nitrogens with one attached hydrogen (secondary N) is 2. The molecule has 114 valence electrons. The number of amides is 2. The average Bonchev–Trinajstić information content (AvgIpc) is 2.49. The van der Waals surface area contributed by atoms with Gasteiger partial charge in [0.15, 0.2) is 0 Å². The summed E-state index contributed by atoms with van der Waals surface area (Å²) >= 11 is 0. The van der Waals surface area contributed by atoms with Crippen LogP contribution in [0.25, 0.3) is 0 Å². The Morgan fingerprint density at radius 3 is 2.43 bits per heavy atom. The van der Waals surface area contributed by atoms with Crippen LogP contribution in [-0.2, 0) is 16.0 Å². The summed E-state index contributed by atoms with van der Waals surface area (Å²) < 4.78 is 0. The van der Waals surface area contributed by atoms with Gasteiger partial charge in [-0.2, -0.15) is 0 Å². The first-order valence-corrected chi connectivity index (χ1v) is 7.84. The fourth-order valence-corrected chi connectivity index (χ4v) is 2.71. The molecule has 0 spiro atoms. The van der Waals surface area contributed by atoms with Crippen LogP contribution in [0, 0.1) is 0 Å². The Morgan fingerprint density at radius 2 is 1.71 bits per heavy atom. The maximum absolute atomic E-state index is 11.8. The molecule has 1 aromatic rings. The second kappa shape index (κ2) is 8.45. The van der Waals surface area contributed by atoms with Gasteiger partial charge in [0, 0.05) is 19.0 Å². The zero-order valence-electron chi connectivity index (χ0n) is 12.4. The first-order chi connectivity index (χ1) is 10.2. The summed E-state index contributed by atoms with van der Waals surface area (Å²) in [5.74, 6) is 0.00794. The summed E-state index contributed by atoms with van der Waals surface area (Å²) in [5.41, 5.74) is 0.988. The molecule has 0 atom stereocenters. The fourth-order valence-electron chi connectivity index (χ4n) is 2.71. The van der Waals surface area contributed by atoms with Gasteiger partial charge in [-0.1, -0.05) is 49.6 Å². The molecular formula is C17H24N2O2. The Morgan fingerprint density at radius 1 is 1.00 bits per heavy atom. The smallest absolute Gasteiger partial charge is 0.224 e. The fraction of sp³-hybridized carbons (Fsp3) is 0.529. The molecule has 0 unspecified atom stereocenters. The van der Waals surface area contributed by atoms with E-state index in [0.717, 1.165) is 18.4 Å². The Hall–Kier alpha value is -1.84. The van der Waals surface area contributed by atoms with Crippen molar-refractivity contribution in [1.82, 2.24) is 10.6 Å². The van der Waals surface area contributed by atoms with E-state index in [0.29, 0.717) is 25.4 Å². The highest BCUT2D eigenvalue weighted by molar-refractivity contribution is 5.80. The molecule has 0 aliphatic heterocycles. The molecule has 21 heavy (non-hydrogen) atoms. The largest absolute Gasteiger partial charge is 0.355 e. The maximum atomic E-state index is 11.8. The van der Waals surface area contributed by atoms with Gasteiger partial charge in [0.05, 0.1) is 6.42 Å². The van der Waals surface area contributed by atoms with Crippen molar-refractivity contribution in [2.75, 3.05) is 6.54 Å². The highest BCUT2D eigenvalue weighted by atomic mass is 16.2. The summed E-state index contributed by atoms with van der Waals surface area (Å²) in [6, 6.07) is 9.95. The molecule has 4 nitrogen and oxygen atoms in total. The minimum Gasteiger partial charge on any atom is -0.355 e. The van der Waals surface area contributed by atoms with Crippen LogP contribution in [0.15, 0.2) is 30.3 Å². The molecule has 1 aliphatic rings. The second-order valence-electron chi connectivity index (χ2n) is 5.66. The molecule has 1 aromatic carbocycles. The third kappa shape index (κ3) is 5.98. The standard InChI is InChI=1S/C17H24N2O2/c20-16(19-15-9-5-2-6-10-15)11-12-18-17(21)13-14-7-3-1-4-8-14/h1,3-4,7-8,15H,2,5-6,9-13H2,(H,18,21)(H,19,20). The molecule has 1 saturated carbocycles. The average molecular weight is 288 g/mol. The van der Waals surface area contributed by atoms with Gasteiger partial charge in [-0.3, -0.25) is 9.59 Å². The first kappa shape index (κ1) is 15.5. The van der Waals surface area contributed by atoms with Crippen molar-refractivity contribution < 1.29 is 9.59 Å². The van der Waals surface area contributed by atoms with Crippen LogP contribution in [0.3, 0.4) is 0 Å². The van der Waals surface area contributed by atoms with Crippen LogP contribution in [-0.4, -0.2) is 24.4 Å². The summed E-state index contributed by atoms with van der Waals surface area (Å²) in [4.78, 5) is 23.5. The zero-order valence-corrected chi connectivity index (χ0v) is 12.4. The topological polar surface area (TPSA) is 58.2 Å². The summed E-state index contributed by atoms with van der Waals surface area (Å²) in [6.07, 6.45) is 6.60. The van der Waals surface area contributed by atoms with Gasteiger partial charge < -0.3 is 10.6 Å². The molecule has 1 aliphatic carbocycles. The number of benzene rings is 1. The molecule has 2 amide bonds. The third-order valence-electron chi connectivity index (χ3n) is 3.85. The van der Waals surface area contributed by atoms with Gasteiger partial charge in [-0.15, -0.1) is 0 Å². The van der Waals surface area contributed by atoms with Crippen molar-refractivity contribution in [2.45, 2.75) is 51.0 Å². The molecule has 0 saturated heterocycles. The maximum Gasteiger partial charge on any atom is 0.224 e. The van der Waals surface area contributed by atoms with Crippen molar-refractivity contribution in [1.29, 1.82) is 0 Å². The van der Waals surface area contributed by atoms with Crippen LogP contribution in [0.1, 0.15) is 44.1 Å². The van der Waals surface area contributed by atoms with Gasteiger partial charge in [0.1, 0.15) is 0 Å². The highest BCUT2D eigenvalue weighted by Gasteiger charge is 2.15. The Kier molecular flexibility index (Phi) is 6.25.